The molecule has 7 rings (SSSR count). The van der Waals surface area contributed by atoms with Crippen molar-refractivity contribution < 1.29 is 27.8 Å². The zero-order valence-electron chi connectivity index (χ0n) is 21.5. The van der Waals surface area contributed by atoms with Crippen LogP contribution in [0.4, 0.5) is 4.39 Å². The quantitative estimate of drug-likeness (QED) is 0.214. The predicted molar refractivity (Wildman–Crippen MR) is 148 cm³/mol. The van der Waals surface area contributed by atoms with Crippen LogP contribution in [-0.2, 0) is 16.8 Å². The number of rotatable bonds is 8. The van der Waals surface area contributed by atoms with Gasteiger partial charge in [0.15, 0.2) is 5.76 Å². The lowest BCUT2D eigenvalue weighted by atomic mass is 9.80. The minimum absolute atomic E-state index is 0.220. The summed E-state index contributed by atoms with van der Waals surface area (Å²) in [7, 11) is 3.17. The Hall–Kier alpha value is -4.00. The monoisotopic (exact) mass is 578 g/mol. The van der Waals surface area contributed by atoms with E-state index in [1.807, 2.05) is 35.7 Å². The van der Waals surface area contributed by atoms with E-state index in [1.54, 1.807) is 31.0 Å². The first-order chi connectivity index (χ1) is 19.6. The summed E-state index contributed by atoms with van der Waals surface area (Å²) in [6.45, 7) is 1.17. The molecule has 5 heterocycles. The molecule has 40 heavy (non-hydrogen) atoms. The summed E-state index contributed by atoms with van der Waals surface area (Å²) in [6, 6.07) is 12.4. The Morgan fingerprint density at radius 3 is 2.80 bits per heavy atom. The second-order valence-electron chi connectivity index (χ2n) is 9.37. The smallest absolute Gasteiger partial charge is 0.294 e. The number of methoxy groups -OCH3 is 2. The number of halogens is 1. The highest BCUT2D eigenvalue weighted by Crippen LogP contribution is 2.43. The van der Waals surface area contributed by atoms with E-state index >= 15 is 0 Å². The summed E-state index contributed by atoms with van der Waals surface area (Å²) < 4.78 is 45.3. The fourth-order valence-corrected chi connectivity index (χ4v) is 6.72. The van der Waals surface area contributed by atoms with Gasteiger partial charge in [-0.05, 0) is 29.9 Å². The lowest BCUT2D eigenvalue weighted by Crippen LogP contribution is -2.29. The number of aromatic nitrogens is 4. The van der Waals surface area contributed by atoms with Crippen molar-refractivity contribution in [1.29, 1.82) is 0 Å². The van der Waals surface area contributed by atoms with Crippen LogP contribution in [0.1, 0.15) is 22.7 Å². The maximum atomic E-state index is 14.8. The molecule has 1 saturated heterocycles. The van der Waals surface area contributed by atoms with Crippen molar-refractivity contribution in [1.82, 2.24) is 19.6 Å². The third-order valence-electron chi connectivity index (χ3n) is 7.01. The molecule has 0 aliphatic carbocycles. The molecule has 0 saturated carbocycles. The second-order valence-corrected chi connectivity index (χ2v) is 11.1. The van der Waals surface area contributed by atoms with Crippen LogP contribution in [0.15, 0.2) is 58.5 Å². The van der Waals surface area contributed by atoms with Crippen molar-refractivity contribution in [3.63, 3.8) is 0 Å². The fraction of sp³-hybridized carbons (Fsp3) is 0.250. The van der Waals surface area contributed by atoms with Gasteiger partial charge in [-0.2, -0.15) is 0 Å². The van der Waals surface area contributed by atoms with Crippen LogP contribution in [0.3, 0.4) is 0 Å². The molecule has 0 radical (unpaired) electrons. The third kappa shape index (κ3) is 4.19. The van der Waals surface area contributed by atoms with E-state index in [1.165, 1.54) is 28.7 Å². The minimum atomic E-state index is -0.603. The molecule has 204 valence electrons. The number of ether oxygens (including phenoxy) is 4. The van der Waals surface area contributed by atoms with Gasteiger partial charge in [0.2, 0.25) is 4.96 Å². The van der Waals surface area contributed by atoms with Gasteiger partial charge in [-0.15, -0.1) is 16.4 Å². The molecule has 1 aliphatic rings. The first-order valence-electron chi connectivity index (χ1n) is 12.5. The molecular formula is C28H23FN4O5S2. The van der Waals surface area contributed by atoms with Crippen LogP contribution in [0.5, 0.6) is 16.7 Å². The number of furan rings is 1. The average Bonchev–Trinajstić information content (AvgIpc) is 3.79. The van der Waals surface area contributed by atoms with Gasteiger partial charge in [-0.1, -0.05) is 18.2 Å². The van der Waals surface area contributed by atoms with Crippen molar-refractivity contribution in [2.24, 2.45) is 0 Å². The summed E-state index contributed by atoms with van der Waals surface area (Å²) >= 11 is 2.84. The van der Waals surface area contributed by atoms with E-state index in [2.05, 4.69) is 10.1 Å². The number of fused-ring (bicyclic) bond motifs is 2. The molecule has 0 spiro atoms. The van der Waals surface area contributed by atoms with Crippen molar-refractivity contribution in [3.8, 4) is 28.1 Å². The Bertz CT molecular complexity index is 1800. The second kappa shape index (κ2) is 9.88. The molecule has 1 fully saturated rings. The highest BCUT2D eigenvalue weighted by atomic mass is 32.1. The Morgan fingerprint density at radius 2 is 2.02 bits per heavy atom. The Morgan fingerprint density at radius 1 is 1.12 bits per heavy atom. The molecule has 0 bridgehead atoms. The molecule has 2 aromatic carbocycles. The van der Waals surface area contributed by atoms with Gasteiger partial charge < -0.3 is 23.4 Å². The zero-order chi connectivity index (χ0) is 27.3. The van der Waals surface area contributed by atoms with Crippen LogP contribution >= 0.6 is 22.7 Å². The van der Waals surface area contributed by atoms with Gasteiger partial charge in [0.1, 0.15) is 40.2 Å². The van der Waals surface area contributed by atoms with Gasteiger partial charge in [-0.3, -0.25) is 0 Å². The first-order valence-corrected chi connectivity index (χ1v) is 14.2. The van der Waals surface area contributed by atoms with Gasteiger partial charge >= 0.3 is 0 Å². The highest BCUT2D eigenvalue weighted by molar-refractivity contribution is 7.18. The maximum absolute atomic E-state index is 14.8. The largest absolute Gasteiger partial charge is 0.496 e. The summed E-state index contributed by atoms with van der Waals surface area (Å²) in [6.07, 6.45) is 2.46. The molecule has 12 heteroatoms. The van der Waals surface area contributed by atoms with E-state index in [9.17, 15) is 4.39 Å². The molecular weight excluding hydrogens is 555 g/mol. The molecule has 1 atom stereocenters. The molecule has 1 aliphatic heterocycles. The summed E-state index contributed by atoms with van der Waals surface area (Å²) in [5, 5.41) is 8.41. The van der Waals surface area contributed by atoms with E-state index in [0.717, 1.165) is 16.1 Å². The molecule has 9 nitrogen and oxygen atoms in total. The van der Waals surface area contributed by atoms with E-state index in [4.69, 9.17) is 28.3 Å². The Kier molecular flexibility index (Phi) is 6.17. The first kappa shape index (κ1) is 25.0. The molecule has 6 aromatic rings. The standard InChI is InChI=1S/C28H23FN4O5S2/c1-34-17-9-22(18-11-24(38-23(18)10-17)21-12-33-26(31-21)40-27(32-33)35-2)37-13-16-14-39-25(30-16)28(7-8-36-15-28)19-5-3-4-6-20(19)29/h3-6,9-12,14H,7-8,13,15H2,1-2H3. The van der Waals surface area contributed by atoms with Crippen LogP contribution < -0.4 is 14.2 Å². The van der Waals surface area contributed by atoms with Crippen molar-refractivity contribution in [3.05, 3.63) is 76.1 Å². The van der Waals surface area contributed by atoms with E-state index in [0.29, 0.717) is 63.9 Å². The molecule has 0 N–H and O–H groups in total. The van der Waals surface area contributed by atoms with Crippen molar-refractivity contribution in [2.75, 3.05) is 27.4 Å². The van der Waals surface area contributed by atoms with Gasteiger partial charge in [-0.25, -0.2) is 18.9 Å². The zero-order valence-corrected chi connectivity index (χ0v) is 23.2. The Labute approximate surface area is 235 Å². The van der Waals surface area contributed by atoms with E-state index in [-0.39, 0.29) is 12.4 Å². The lowest BCUT2D eigenvalue weighted by Gasteiger charge is -2.26. The normalized spacial score (nSPS) is 17.2. The van der Waals surface area contributed by atoms with Crippen molar-refractivity contribution >= 4 is 38.6 Å². The lowest BCUT2D eigenvalue weighted by molar-refractivity contribution is 0.183. The third-order valence-corrected chi connectivity index (χ3v) is 8.99. The van der Waals surface area contributed by atoms with Crippen LogP contribution in [0.2, 0.25) is 0 Å². The van der Waals surface area contributed by atoms with Crippen LogP contribution in [0, 0.1) is 5.82 Å². The summed E-state index contributed by atoms with van der Waals surface area (Å²) in [5.41, 5.74) is 2.00. The number of imidazole rings is 1. The average molecular weight is 579 g/mol. The topological polar surface area (TPSA) is 93.1 Å². The highest BCUT2D eigenvalue weighted by Gasteiger charge is 2.43. The minimum Gasteiger partial charge on any atom is -0.496 e. The van der Waals surface area contributed by atoms with Gasteiger partial charge in [0, 0.05) is 29.7 Å². The SMILES string of the molecule is COc1cc(OCc2csc(C3(c4ccccc4F)CCOC3)n2)c2cc(-c3cn4nc(OC)sc4n3)oc2c1. The Balaban J connectivity index is 1.18. The molecule has 1 unspecified atom stereocenters. The number of hydrogen-bond acceptors (Lipinski definition) is 10. The van der Waals surface area contributed by atoms with Crippen LogP contribution in [0.25, 0.3) is 27.4 Å². The molecule has 4 aromatic heterocycles. The van der Waals surface area contributed by atoms with E-state index < -0.39 is 5.41 Å². The summed E-state index contributed by atoms with van der Waals surface area (Å²) in [4.78, 5) is 10.2. The summed E-state index contributed by atoms with van der Waals surface area (Å²) in [5.74, 6) is 1.52. The maximum Gasteiger partial charge on any atom is 0.294 e. The number of thiazole rings is 1. The number of hydrogen-bond donors (Lipinski definition) is 0. The number of benzene rings is 2. The fourth-order valence-electron chi connectivity index (χ4n) is 4.98. The van der Waals surface area contributed by atoms with Gasteiger partial charge in [0.05, 0.1) is 43.5 Å². The van der Waals surface area contributed by atoms with Gasteiger partial charge in [0.25, 0.3) is 5.19 Å². The molecule has 0 amide bonds. The number of nitrogens with zero attached hydrogens (tertiary/aromatic N) is 4. The predicted octanol–water partition coefficient (Wildman–Crippen LogP) is 6.10. The van der Waals surface area contributed by atoms with Crippen molar-refractivity contribution in [2.45, 2.75) is 18.4 Å². The van der Waals surface area contributed by atoms with Crippen LogP contribution in [-0.4, -0.2) is 47.0 Å².